The Morgan fingerprint density at radius 2 is 1.93 bits per heavy atom. The lowest BCUT2D eigenvalue weighted by molar-refractivity contribution is 0.0999. The van der Waals surface area contributed by atoms with Crippen molar-refractivity contribution in [3.05, 3.63) is 53.2 Å². The largest absolute Gasteiger partial charge is 0.496 e. The predicted molar refractivity (Wildman–Crippen MR) is 106 cm³/mol. The van der Waals surface area contributed by atoms with Crippen LogP contribution in [0, 0.1) is 0 Å². The average Bonchev–Trinajstić information content (AvgIpc) is 2.68. The van der Waals surface area contributed by atoms with E-state index in [1.165, 1.54) is 20.4 Å². The number of anilines is 1. The summed E-state index contributed by atoms with van der Waals surface area (Å²) >= 11 is 6.21. The van der Waals surface area contributed by atoms with Crippen LogP contribution in [0.2, 0.25) is 5.02 Å². The van der Waals surface area contributed by atoms with Crippen LogP contribution in [0.15, 0.2) is 42.6 Å². The molecule has 0 fully saturated rings. The van der Waals surface area contributed by atoms with Crippen LogP contribution in [0.5, 0.6) is 17.2 Å². The van der Waals surface area contributed by atoms with Crippen LogP contribution in [0.4, 0.5) is 10.5 Å². The molecular weight excluding hydrogens is 384 g/mol. The number of amides is 3. The highest BCUT2D eigenvalue weighted by atomic mass is 35.5. The van der Waals surface area contributed by atoms with E-state index < -0.39 is 5.91 Å². The van der Waals surface area contributed by atoms with Gasteiger partial charge in [0.05, 0.1) is 23.3 Å². The van der Waals surface area contributed by atoms with Crippen molar-refractivity contribution in [2.75, 3.05) is 19.5 Å². The summed E-state index contributed by atoms with van der Waals surface area (Å²) in [6, 6.07) is 9.47. The number of rotatable bonds is 5. The number of halogens is 1. The van der Waals surface area contributed by atoms with E-state index in [4.69, 9.17) is 26.8 Å². The van der Waals surface area contributed by atoms with E-state index in [0.29, 0.717) is 38.9 Å². The molecule has 28 heavy (non-hydrogen) atoms. The summed E-state index contributed by atoms with van der Waals surface area (Å²) in [6.45, 7) is 0. The fourth-order valence-corrected chi connectivity index (χ4v) is 2.86. The zero-order valence-electron chi connectivity index (χ0n) is 15.1. The second-order valence-corrected chi connectivity index (χ2v) is 6.07. The molecule has 9 heteroatoms. The van der Waals surface area contributed by atoms with E-state index in [9.17, 15) is 9.59 Å². The first-order valence-corrected chi connectivity index (χ1v) is 8.54. The molecule has 2 aromatic carbocycles. The average molecular weight is 401 g/mol. The van der Waals surface area contributed by atoms with Crippen molar-refractivity contribution in [2.45, 2.75) is 0 Å². The quantitative estimate of drug-likeness (QED) is 0.605. The zero-order chi connectivity index (χ0) is 20.3. The summed E-state index contributed by atoms with van der Waals surface area (Å²) in [5, 5.41) is 5.93. The molecule has 0 bridgehead atoms. The van der Waals surface area contributed by atoms with Crippen LogP contribution < -0.4 is 25.8 Å². The summed E-state index contributed by atoms with van der Waals surface area (Å²) in [4.78, 5) is 27.5. The molecule has 8 nitrogen and oxygen atoms in total. The number of carbonyl (C=O) groups excluding carboxylic acids is 2. The van der Waals surface area contributed by atoms with Gasteiger partial charge in [-0.3, -0.25) is 9.78 Å². The van der Waals surface area contributed by atoms with Gasteiger partial charge in [-0.25, -0.2) is 4.79 Å². The molecule has 0 saturated carbocycles. The van der Waals surface area contributed by atoms with E-state index in [2.05, 4.69) is 15.6 Å². The van der Waals surface area contributed by atoms with Crippen LogP contribution in [0.25, 0.3) is 10.9 Å². The van der Waals surface area contributed by atoms with Crippen LogP contribution in [-0.2, 0) is 0 Å². The molecule has 0 unspecified atom stereocenters. The molecule has 0 aliphatic heterocycles. The molecular formula is C19H17ClN4O4. The molecule has 0 radical (unpaired) electrons. The van der Waals surface area contributed by atoms with Crippen molar-refractivity contribution in [1.82, 2.24) is 10.3 Å². The maximum Gasteiger partial charge on any atom is 0.319 e. The molecule has 0 aliphatic rings. The monoisotopic (exact) mass is 400 g/mol. The number of nitrogens with one attached hydrogen (secondary N) is 2. The Bertz CT molecular complexity index is 1070. The molecule has 144 valence electrons. The first-order chi connectivity index (χ1) is 13.4. The van der Waals surface area contributed by atoms with Gasteiger partial charge in [0.1, 0.15) is 22.8 Å². The highest BCUT2D eigenvalue weighted by Crippen LogP contribution is 2.35. The van der Waals surface area contributed by atoms with Crippen molar-refractivity contribution >= 4 is 40.1 Å². The van der Waals surface area contributed by atoms with Gasteiger partial charge in [0.25, 0.3) is 5.91 Å². The fourth-order valence-electron chi connectivity index (χ4n) is 2.64. The second-order valence-electron chi connectivity index (χ2n) is 5.66. The van der Waals surface area contributed by atoms with Crippen molar-refractivity contribution in [2.24, 2.45) is 5.73 Å². The third kappa shape index (κ3) is 3.77. The van der Waals surface area contributed by atoms with Crippen molar-refractivity contribution in [1.29, 1.82) is 0 Å². The van der Waals surface area contributed by atoms with Gasteiger partial charge < -0.3 is 25.8 Å². The normalized spacial score (nSPS) is 10.4. The van der Waals surface area contributed by atoms with Crippen LogP contribution in [0.1, 0.15) is 10.4 Å². The number of carbonyl (C=O) groups is 2. The zero-order valence-corrected chi connectivity index (χ0v) is 15.8. The van der Waals surface area contributed by atoms with Gasteiger partial charge in [0, 0.05) is 24.7 Å². The van der Waals surface area contributed by atoms with Gasteiger partial charge in [-0.15, -0.1) is 0 Å². The number of hydrogen-bond donors (Lipinski definition) is 3. The van der Waals surface area contributed by atoms with Crippen LogP contribution >= 0.6 is 11.6 Å². The van der Waals surface area contributed by atoms with Crippen molar-refractivity contribution in [3.8, 4) is 17.2 Å². The maximum atomic E-state index is 11.9. The first kappa shape index (κ1) is 19.2. The Morgan fingerprint density at radius 1 is 1.14 bits per heavy atom. The lowest BCUT2D eigenvalue weighted by Gasteiger charge is -2.13. The number of hydrogen-bond acceptors (Lipinski definition) is 5. The fraction of sp³-hybridized carbons (Fsp3) is 0.105. The Morgan fingerprint density at radius 3 is 2.57 bits per heavy atom. The van der Waals surface area contributed by atoms with Gasteiger partial charge >= 0.3 is 6.03 Å². The van der Waals surface area contributed by atoms with Crippen LogP contribution in [0.3, 0.4) is 0 Å². The van der Waals surface area contributed by atoms with E-state index in [1.807, 2.05) is 0 Å². The topological polar surface area (TPSA) is 116 Å². The molecule has 1 heterocycles. The van der Waals surface area contributed by atoms with E-state index in [0.717, 1.165) is 0 Å². The van der Waals surface area contributed by atoms with Crippen molar-refractivity contribution < 1.29 is 19.1 Å². The lowest BCUT2D eigenvalue weighted by Crippen LogP contribution is -2.24. The number of aromatic nitrogens is 1. The van der Waals surface area contributed by atoms with Crippen LogP contribution in [-0.4, -0.2) is 31.1 Å². The number of ether oxygens (including phenoxy) is 2. The lowest BCUT2D eigenvalue weighted by atomic mass is 10.1. The Labute approximate surface area is 165 Å². The summed E-state index contributed by atoms with van der Waals surface area (Å²) in [5.41, 5.74) is 6.47. The van der Waals surface area contributed by atoms with Gasteiger partial charge in [-0.05, 0) is 30.3 Å². The number of methoxy groups -OCH3 is 1. The number of fused-ring (bicyclic) bond motifs is 1. The predicted octanol–water partition coefficient (Wildman–Crippen LogP) is 3.54. The third-order valence-electron chi connectivity index (χ3n) is 3.94. The molecule has 0 spiro atoms. The molecule has 3 aromatic rings. The number of pyridine rings is 1. The summed E-state index contributed by atoms with van der Waals surface area (Å²) in [6.07, 6.45) is 1.51. The molecule has 4 N–H and O–H groups in total. The molecule has 0 saturated heterocycles. The molecule has 3 rings (SSSR count). The number of nitrogens with zero attached hydrogens (tertiary/aromatic N) is 1. The third-order valence-corrected chi connectivity index (χ3v) is 4.26. The van der Waals surface area contributed by atoms with Gasteiger partial charge in [-0.2, -0.15) is 0 Å². The molecule has 3 amide bonds. The first-order valence-electron chi connectivity index (χ1n) is 8.16. The second kappa shape index (κ2) is 8.01. The van der Waals surface area contributed by atoms with E-state index in [1.54, 1.807) is 36.4 Å². The summed E-state index contributed by atoms with van der Waals surface area (Å²) in [5.74, 6) is 0.576. The Hall–Kier alpha value is -3.52. The number of urea groups is 1. The van der Waals surface area contributed by atoms with E-state index >= 15 is 0 Å². The van der Waals surface area contributed by atoms with Gasteiger partial charge in [0.2, 0.25) is 0 Å². The van der Waals surface area contributed by atoms with E-state index in [-0.39, 0.29) is 11.6 Å². The number of benzene rings is 2. The minimum absolute atomic E-state index is 0.175. The minimum atomic E-state index is -0.653. The smallest absolute Gasteiger partial charge is 0.319 e. The molecule has 0 aliphatic carbocycles. The van der Waals surface area contributed by atoms with Gasteiger partial charge in [0.15, 0.2) is 0 Å². The maximum absolute atomic E-state index is 11.9. The SMILES string of the molecule is CNC(=O)Nc1ccc(Oc2ccnc3c(C(N)=O)c(OC)ccc23)cc1Cl. The highest BCUT2D eigenvalue weighted by molar-refractivity contribution is 6.33. The Kier molecular flexibility index (Phi) is 5.51. The minimum Gasteiger partial charge on any atom is -0.496 e. The summed E-state index contributed by atoms with van der Waals surface area (Å²) < 4.78 is 11.1. The standard InChI is InChI=1S/C19H17ClN4O4/c1-22-19(26)24-13-5-3-10(9-12(13)20)28-14-7-8-23-17-11(14)4-6-15(27-2)16(17)18(21)25/h3-9H,1-2H3,(H2,21,25)(H2,22,24,26). The Balaban J connectivity index is 1.99. The molecule has 1 aromatic heterocycles. The summed E-state index contributed by atoms with van der Waals surface area (Å²) in [7, 11) is 2.95. The van der Waals surface area contributed by atoms with Gasteiger partial charge in [-0.1, -0.05) is 11.6 Å². The number of nitrogens with two attached hydrogens (primary N) is 1. The van der Waals surface area contributed by atoms with Crippen molar-refractivity contribution in [3.63, 3.8) is 0 Å². The molecule has 0 atom stereocenters. The number of primary amides is 1. The highest BCUT2D eigenvalue weighted by Gasteiger charge is 2.17.